The molecule has 0 aliphatic carbocycles. The van der Waals surface area contributed by atoms with Gasteiger partial charge in [0.2, 0.25) is 5.95 Å². The molecule has 1 heterocycles. The van der Waals surface area contributed by atoms with E-state index in [0.29, 0.717) is 0 Å². The first-order chi connectivity index (χ1) is 9.14. The lowest BCUT2D eigenvalue weighted by molar-refractivity contribution is -0.275. The fourth-order valence-corrected chi connectivity index (χ4v) is 1.30. The molecule has 0 bridgehead atoms. The van der Waals surface area contributed by atoms with Gasteiger partial charge < -0.3 is 9.47 Å². The summed E-state index contributed by atoms with van der Waals surface area (Å²) in [7, 11) is 0.917. The quantitative estimate of drug-likeness (QED) is 0.487. The molecule has 112 valence electrons. The fraction of sp³-hybridized carbons (Fsp3) is 0.400. The minimum Gasteiger partial charge on any atom is -0.469 e. The van der Waals surface area contributed by atoms with Crippen LogP contribution in [0, 0.1) is 5.95 Å². The van der Waals surface area contributed by atoms with Gasteiger partial charge in [-0.3, -0.25) is 4.79 Å². The number of esters is 1. The topological polar surface area (TPSA) is 48.4 Å². The Labute approximate surface area is 108 Å². The molecule has 0 aliphatic rings. The maximum atomic E-state index is 13.0. The molecule has 0 amide bonds. The molecule has 1 rings (SSSR count). The van der Waals surface area contributed by atoms with Crippen molar-refractivity contribution in [1.29, 1.82) is 0 Å². The summed E-state index contributed by atoms with van der Waals surface area (Å²) in [5.41, 5.74) is -2.28. The van der Waals surface area contributed by atoms with Gasteiger partial charge in [-0.25, -0.2) is 13.8 Å². The van der Waals surface area contributed by atoms with E-state index in [4.69, 9.17) is 0 Å². The average molecular weight is 303 g/mol. The highest BCUT2D eigenvalue weighted by atomic mass is 19.4. The molecule has 10 heteroatoms. The van der Waals surface area contributed by atoms with E-state index in [9.17, 15) is 31.1 Å². The predicted molar refractivity (Wildman–Crippen MR) is 51.6 cm³/mol. The standard InChI is InChI=1S/C10H7F6NO3/c1-19-7(18)3-5-8(20-10(14,15)16)4(9(12)13)2-6(11)17-5/h2,9H,3H2,1H3. The maximum absolute atomic E-state index is 13.0. The zero-order valence-corrected chi connectivity index (χ0v) is 9.80. The summed E-state index contributed by atoms with van der Waals surface area (Å²) in [4.78, 5) is 13.9. The molecular weight excluding hydrogens is 296 g/mol. The number of carbonyl (C=O) groups excluding carboxylic acids is 1. The van der Waals surface area contributed by atoms with E-state index in [2.05, 4.69) is 14.5 Å². The summed E-state index contributed by atoms with van der Waals surface area (Å²) >= 11 is 0. The van der Waals surface area contributed by atoms with Gasteiger partial charge >= 0.3 is 12.3 Å². The molecule has 0 saturated carbocycles. The van der Waals surface area contributed by atoms with E-state index in [0.717, 1.165) is 7.11 Å². The number of hydrogen-bond donors (Lipinski definition) is 0. The Hall–Kier alpha value is -2.00. The summed E-state index contributed by atoms with van der Waals surface area (Å²) in [6.45, 7) is 0. The van der Waals surface area contributed by atoms with Crippen LogP contribution in [0.1, 0.15) is 17.7 Å². The molecule has 20 heavy (non-hydrogen) atoms. The van der Waals surface area contributed by atoms with E-state index < -0.39 is 48.1 Å². The van der Waals surface area contributed by atoms with E-state index in [1.807, 2.05) is 0 Å². The van der Waals surface area contributed by atoms with E-state index in [1.54, 1.807) is 0 Å². The number of methoxy groups -OCH3 is 1. The van der Waals surface area contributed by atoms with Crippen molar-refractivity contribution in [2.24, 2.45) is 0 Å². The fourth-order valence-electron chi connectivity index (χ4n) is 1.30. The van der Waals surface area contributed by atoms with Crippen molar-refractivity contribution in [3.8, 4) is 5.75 Å². The van der Waals surface area contributed by atoms with Gasteiger partial charge in [-0.1, -0.05) is 0 Å². The Balaban J connectivity index is 3.35. The van der Waals surface area contributed by atoms with Gasteiger partial charge in [0.1, 0.15) is 0 Å². The van der Waals surface area contributed by atoms with Crippen LogP contribution in [0.15, 0.2) is 6.07 Å². The highest BCUT2D eigenvalue weighted by Gasteiger charge is 2.35. The van der Waals surface area contributed by atoms with E-state index in [1.165, 1.54) is 0 Å². The Morgan fingerprint density at radius 2 is 2.00 bits per heavy atom. The van der Waals surface area contributed by atoms with Crippen LogP contribution >= 0.6 is 0 Å². The summed E-state index contributed by atoms with van der Waals surface area (Å²) < 4.78 is 82.4. The van der Waals surface area contributed by atoms with Crippen LogP contribution in [0.25, 0.3) is 0 Å². The van der Waals surface area contributed by atoms with Crippen LogP contribution in [0.2, 0.25) is 0 Å². The Kier molecular flexibility index (Phi) is 4.79. The summed E-state index contributed by atoms with van der Waals surface area (Å²) in [5.74, 6) is -3.96. The first-order valence-corrected chi connectivity index (χ1v) is 4.94. The Bertz CT molecular complexity index is 503. The molecule has 0 unspecified atom stereocenters. The minimum atomic E-state index is -5.30. The Morgan fingerprint density at radius 3 is 2.45 bits per heavy atom. The molecule has 0 fully saturated rings. The molecule has 0 N–H and O–H groups in total. The van der Waals surface area contributed by atoms with Crippen molar-refractivity contribution in [3.05, 3.63) is 23.3 Å². The van der Waals surface area contributed by atoms with Crippen LogP contribution in [-0.4, -0.2) is 24.4 Å². The molecule has 0 atom stereocenters. The van der Waals surface area contributed by atoms with Crippen molar-refractivity contribution in [1.82, 2.24) is 4.98 Å². The van der Waals surface area contributed by atoms with Gasteiger partial charge in [0.15, 0.2) is 5.75 Å². The molecule has 1 aromatic heterocycles. The maximum Gasteiger partial charge on any atom is 0.573 e. The molecule has 0 aromatic carbocycles. The lowest BCUT2D eigenvalue weighted by Gasteiger charge is -2.16. The first kappa shape index (κ1) is 16.1. The van der Waals surface area contributed by atoms with Crippen LogP contribution in [0.3, 0.4) is 0 Å². The zero-order valence-electron chi connectivity index (χ0n) is 9.80. The molecular formula is C10H7F6NO3. The van der Waals surface area contributed by atoms with Crippen molar-refractivity contribution in [3.63, 3.8) is 0 Å². The number of ether oxygens (including phenoxy) is 2. The second kappa shape index (κ2) is 5.97. The second-order valence-electron chi connectivity index (χ2n) is 3.41. The number of aromatic nitrogens is 1. The number of hydrogen-bond acceptors (Lipinski definition) is 4. The van der Waals surface area contributed by atoms with Gasteiger partial charge in [-0.05, 0) is 0 Å². The van der Waals surface area contributed by atoms with Crippen LogP contribution < -0.4 is 4.74 Å². The number of pyridine rings is 1. The lowest BCUT2D eigenvalue weighted by Crippen LogP contribution is -2.21. The monoisotopic (exact) mass is 303 g/mol. The Morgan fingerprint density at radius 1 is 1.40 bits per heavy atom. The van der Waals surface area contributed by atoms with Crippen LogP contribution in [0.4, 0.5) is 26.3 Å². The average Bonchev–Trinajstić information content (AvgIpc) is 2.30. The van der Waals surface area contributed by atoms with Gasteiger partial charge in [-0.15, -0.1) is 13.2 Å². The molecule has 0 aliphatic heterocycles. The van der Waals surface area contributed by atoms with Gasteiger partial charge in [0.25, 0.3) is 6.43 Å². The van der Waals surface area contributed by atoms with Crippen LogP contribution in [0.5, 0.6) is 5.75 Å². The molecule has 0 saturated heterocycles. The largest absolute Gasteiger partial charge is 0.573 e. The van der Waals surface area contributed by atoms with E-state index >= 15 is 0 Å². The minimum absolute atomic E-state index is 0.104. The number of alkyl halides is 5. The first-order valence-electron chi connectivity index (χ1n) is 4.94. The number of rotatable bonds is 4. The number of nitrogens with zero attached hydrogens (tertiary/aromatic N) is 1. The molecule has 0 spiro atoms. The summed E-state index contributed by atoms with van der Waals surface area (Å²) in [6.07, 6.45) is -9.69. The molecule has 4 nitrogen and oxygen atoms in total. The zero-order chi connectivity index (χ0) is 15.5. The number of carbonyl (C=O) groups is 1. The molecule has 0 radical (unpaired) electrons. The van der Waals surface area contributed by atoms with Crippen LogP contribution in [-0.2, 0) is 16.0 Å². The van der Waals surface area contributed by atoms with Crippen molar-refractivity contribution < 1.29 is 40.6 Å². The summed E-state index contributed by atoms with van der Waals surface area (Å²) in [6, 6.07) is 0.104. The SMILES string of the molecule is COC(=O)Cc1nc(F)cc(C(F)F)c1OC(F)(F)F. The smallest absolute Gasteiger partial charge is 0.469 e. The third-order valence-corrected chi connectivity index (χ3v) is 2.03. The van der Waals surface area contributed by atoms with Gasteiger partial charge in [-0.2, -0.15) is 4.39 Å². The van der Waals surface area contributed by atoms with Gasteiger partial charge in [0.05, 0.1) is 24.8 Å². The third kappa shape index (κ3) is 4.28. The molecule has 1 aromatic rings. The van der Waals surface area contributed by atoms with Crippen molar-refractivity contribution in [2.45, 2.75) is 19.2 Å². The highest BCUT2D eigenvalue weighted by molar-refractivity contribution is 5.73. The second-order valence-corrected chi connectivity index (χ2v) is 3.41. The lowest BCUT2D eigenvalue weighted by atomic mass is 10.1. The van der Waals surface area contributed by atoms with Gasteiger partial charge in [0, 0.05) is 6.07 Å². The predicted octanol–water partition coefficient (Wildman–Crippen LogP) is 2.77. The van der Waals surface area contributed by atoms with Crippen molar-refractivity contribution >= 4 is 5.97 Å². The third-order valence-electron chi connectivity index (χ3n) is 2.03. The normalized spacial score (nSPS) is 11.6. The number of halogens is 6. The van der Waals surface area contributed by atoms with E-state index in [-0.39, 0.29) is 6.07 Å². The summed E-state index contributed by atoms with van der Waals surface area (Å²) in [5, 5.41) is 0. The highest BCUT2D eigenvalue weighted by Crippen LogP contribution is 2.35. The van der Waals surface area contributed by atoms with Crippen molar-refractivity contribution in [2.75, 3.05) is 7.11 Å².